The monoisotopic (exact) mass is 264 g/mol. The highest BCUT2D eigenvalue weighted by atomic mass is 16.1. The molecule has 0 aliphatic carbocycles. The van der Waals surface area contributed by atoms with Crippen molar-refractivity contribution in [2.75, 3.05) is 0 Å². The number of nitrogens with zero attached hydrogens (tertiary/aromatic N) is 1. The first kappa shape index (κ1) is 13.3. The standard InChI is InChI=1S/C15H12N4O/c16-10-18-15(17)19-14(20)13-9-5-4-8-12(13)11-6-2-1-3-7-11/h1-9H,(H3,17,18,19,20). The van der Waals surface area contributed by atoms with Gasteiger partial charge in [0.15, 0.2) is 6.19 Å². The van der Waals surface area contributed by atoms with Gasteiger partial charge in [0, 0.05) is 5.56 Å². The van der Waals surface area contributed by atoms with Crippen LogP contribution in [-0.2, 0) is 0 Å². The predicted molar refractivity (Wildman–Crippen MR) is 75.8 cm³/mol. The van der Waals surface area contributed by atoms with Crippen molar-refractivity contribution < 1.29 is 4.79 Å². The highest BCUT2D eigenvalue weighted by Crippen LogP contribution is 2.23. The van der Waals surface area contributed by atoms with E-state index in [1.807, 2.05) is 42.5 Å². The Labute approximate surface area is 116 Å². The zero-order chi connectivity index (χ0) is 14.4. The number of benzene rings is 2. The van der Waals surface area contributed by atoms with Gasteiger partial charge >= 0.3 is 0 Å². The fraction of sp³-hybridized carbons (Fsp3) is 0. The van der Waals surface area contributed by atoms with Crippen LogP contribution in [0.4, 0.5) is 0 Å². The van der Waals surface area contributed by atoms with Crippen LogP contribution in [0.2, 0.25) is 0 Å². The number of hydrogen-bond acceptors (Lipinski definition) is 3. The number of amides is 1. The third kappa shape index (κ3) is 3.00. The van der Waals surface area contributed by atoms with Gasteiger partial charge in [-0.25, -0.2) is 0 Å². The summed E-state index contributed by atoms with van der Waals surface area (Å²) >= 11 is 0. The molecule has 0 saturated carbocycles. The fourth-order valence-corrected chi connectivity index (χ4v) is 1.82. The lowest BCUT2D eigenvalue weighted by atomic mass is 9.99. The lowest BCUT2D eigenvalue weighted by molar-refractivity contribution is 0.0976. The molecular formula is C15H12N4O. The summed E-state index contributed by atoms with van der Waals surface area (Å²) in [4.78, 5) is 12.1. The molecule has 0 unspecified atom stereocenters. The quantitative estimate of drug-likeness (QED) is 0.336. The molecule has 2 aromatic carbocycles. The highest BCUT2D eigenvalue weighted by molar-refractivity contribution is 6.08. The van der Waals surface area contributed by atoms with E-state index in [4.69, 9.17) is 10.7 Å². The number of guanidine groups is 1. The molecule has 0 fully saturated rings. The highest BCUT2D eigenvalue weighted by Gasteiger charge is 2.13. The fourth-order valence-electron chi connectivity index (χ4n) is 1.82. The van der Waals surface area contributed by atoms with Crippen LogP contribution in [-0.4, -0.2) is 11.9 Å². The lowest BCUT2D eigenvalue weighted by Gasteiger charge is -2.10. The molecule has 0 aromatic heterocycles. The molecule has 0 bridgehead atoms. The first-order chi connectivity index (χ1) is 9.72. The SMILES string of the molecule is N#CNC(=N)NC(=O)c1ccccc1-c1ccccc1. The van der Waals surface area contributed by atoms with Crippen molar-refractivity contribution in [1.82, 2.24) is 10.6 Å². The Balaban J connectivity index is 2.32. The Hall–Kier alpha value is -3.13. The van der Waals surface area contributed by atoms with Gasteiger partial charge in [-0.15, -0.1) is 0 Å². The van der Waals surface area contributed by atoms with Crippen LogP contribution in [0.15, 0.2) is 54.6 Å². The van der Waals surface area contributed by atoms with Crippen LogP contribution >= 0.6 is 0 Å². The predicted octanol–water partition coefficient (Wildman–Crippen LogP) is 2.09. The average molecular weight is 264 g/mol. The Morgan fingerprint density at radius 3 is 2.40 bits per heavy atom. The van der Waals surface area contributed by atoms with E-state index in [1.165, 1.54) is 0 Å². The van der Waals surface area contributed by atoms with Gasteiger partial charge in [-0.05, 0) is 17.2 Å². The van der Waals surface area contributed by atoms with Gasteiger partial charge in [0.2, 0.25) is 5.96 Å². The van der Waals surface area contributed by atoms with Crippen LogP contribution in [0, 0.1) is 16.9 Å². The summed E-state index contributed by atoms with van der Waals surface area (Å²) in [5.41, 5.74) is 2.14. The van der Waals surface area contributed by atoms with Gasteiger partial charge in [-0.2, -0.15) is 5.26 Å². The maximum atomic E-state index is 12.1. The Bertz CT molecular complexity index is 674. The van der Waals surface area contributed by atoms with E-state index in [1.54, 1.807) is 18.3 Å². The maximum absolute atomic E-state index is 12.1. The van der Waals surface area contributed by atoms with E-state index >= 15 is 0 Å². The van der Waals surface area contributed by atoms with Gasteiger partial charge in [-0.1, -0.05) is 48.5 Å². The van der Waals surface area contributed by atoms with E-state index in [9.17, 15) is 4.79 Å². The van der Waals surface area contributed by atoms with Crippen molar-refractivity contribution in [2.45, 2.75) is 0 Å². The zero-order valence-corrected chi connectivity index (χ0v) is 10.6. The molecule has 0 saturated heterocycles. The topological polar surface area (TPSA) is 88.8 Å². The summed E-state index contributed by atoms with van der Waals surface area (Å²) in [5.74, 6) is -0.780. The Kier molecular flexibility index (Phi) is 4.10. The van der Waals surface area contributed by atoms with Crippen LogP contribution < -0.4 is 10.6 Å². The average Bonchev–Trinajstić information content (AvgIpc) is 2.48. The third-order valence-corrected chi connectivity index (χ3v) is 2.68. The second-order valence-corrected chi connectivity index (χ2v) is 3.98. The first-order valence-corrected chi connectivity index (χ1v) is 5.92. The van der Waals surface area contributed by atoms with E-state index in [0.717, 1.165) is 11.1 Å². The van der Waals surface area contributed by atoms with Gasteiger partial charge in [0.1, 0.15) is 0 Å². The molecule has 20 heavy (non-hydrogen) atoms. The second-order valence-electron chi connectivity index (χ2n) is 3.98. The third-order valence-electron chi connectivity index (χ3n) is 2.68. The van der Waals surface area contributed by atoms with Crippen LogP contribution in [0.25, 0.3) is 11.1 Å². The minimum absolute atomic E-state index is 0.347. The van der Waals surface area contributed by atoms with Crippen molar-refractivity contribution in [3.8, 4) is 17.3 Å². The van der Waals surface area contributed by atoms with Gasteiger partial charge in [0.05, 0.1) is 0 Å². The van der Waals surface area contributed by atoms with Crippen LogP contribution in [0.1, 0.15) is 10.4 Å². The van der Waals surface area contributed by atoms with E-state index < -0.39 is 5.91 Å². The number of rotatable bonds is 2. The van der Waals surface area contributed by atoms with E-state index in [2.05, 4.69) is 10.6 Å². The van der Waals surface area contributed by atoms with Crippen LogP contribution in [0.3, 0.4) is 0 Å². The molecule has 5 heteroatoms. The summed E-state index contributed by atoms with van der Waals surface area (Å²) in [5, 5.41) is 20.2. The lowest BCUT2D eigenvalue weighted by Crippen LogP contribution is -2.38. The summed E-state index contributed by atoms with van der Waals surface area (Å²) in [6.45, 7) is 0. The van der Waals surface area contributed by atoms with Crippen molar-refractivity contribution in [1.29, 1.82) is 10.7 Å². The molecule has 0 radical (unpaired) electrons. The molecule has 98 valence electrons. The first-order valence-electron chi connectivity index (χ1n) is 5.92. The molecule has 5 nitrogen and oxygen atoms in total. The van der Waals surface area contributed by atoms with Crippen LogP contribution in [0.5, 0.6) is 0 Å². The minimum Gasteiger partial charge on any atom is -0.292 e. The minimum atomic E-state index is -0.433. The van der Waals surface area contributed by atoms with E-state index in [0.29, 0.717) is 5.56 Å². The number of carbonyl (C=O) groups excluding carboxylic acids is 1. The second kappa shape index (κ2) is 6.16. The Morgan fingerprint density at radius 2 is 1.70 bits per heavy atom. The van der Waals surface area contributed by atoms with Crippen molar-refractivity contribution in [2.24, 2.45) is 0 Å². The van der Waals surface area contributed by atoms with Crippen molar-refractivity contribution in [3.63, 3.8) is 0 Å². The normalized spacial score (nSPS) is 9.35. The summed E-state index contributed by atoms with van der Waals surface area (Å²) in [6, 6.07) is 16.6. The number of hydrogen-bond donors (Lipinski definition) is 3. The summed E-state index contributed by atoms with van der Waals surface area (Å²) in [6.07, 6.45) is 1.58. The van der Waals surface area contributed by atoms with Crippen molar-refractivity contribution in [3.05, 3.63) is 60.2 Å². The maximum Gasteiger partial charge on any atom is 0.258 e. The number of nitrogens with one attached hydrogen (secondary N) is 3. The molecule has 2 aromatic rings. The molecule has 1 amide bonds. The molecule has 0 spiro atoms. The van der Waals surface area contributed by atoms with Crippen molar-refractivity contribution >= 4 is 11.9 Å². The Morgan fingerprint density at radius 1 is 1.05 bits per heavy atom. The molecule has 2 rings (SSSR count). The van der Waals surface area contributed by atoms with E-state index in [-0.39, 0.29) is 5.96 Å². The largest absolute Gasteiger partial charge is 0.292 e. The molecular weight excluding hydrogens is 252 g/mol. The van der Waals surface area contributed by atoms with Gasteiger partial charge in [-0.3, -0.25) is 20.8 Å². The number of nitriles is 1. The molecule has 0 atom stereocenters. The summed E-state index contributed by atoms with van der Waals surface area (Å²) in [7, 11) is 0. The molecule has 0 aliphatic rings. The molecule has 0 heterocycles. The number of carbonyl (C=O) groups is 1. The van der Waals surface area contributed by atoms with Gasteiger partial charge in [0.25, 0.3) is 5.91 Å². The summed E-state index contributed by atoms with van der Waals surface area (Å²) < 4.78 is 0. The molecule has 3 N–H and O–H groups in total. The van der Waals surface area contributed by atoms with Gasteiger partial charge < -0.3 is 0 Å². The zero-order valence-electron chi connectivity index (χ0n) is 10.6. The molecule has 0 aliphatic heterocycles. The smallest absolute Gasteiger partial charge is 0.258 e.